The van der Waals surface area contributed by atoms with Gasteiger partial charge in [0, 0.05) is 5.02 Å². The highest BCUT2D eigenvalue weighted by atomic mass is 35.5. The van der Waals surface area contributed by atoms with Crippen LogP contribution in [-0.2, 0) is 9.59 Å². The Bertz CT molecular complexity index is 831. The third-order valence-electron chi connectivity index (χ3n) is 3.19. The predicted molar refractivity (Wildman–Crippen MR) is 94.6 cm³/mol. The van der Waals surface area contributed by atoms with Crippen molar-refractivity contribution in [3.05, 3.63) is 58.6 Å². The number of nitrogens with zero attached hydrogens (tertiary/aromatic N) is 1. The molecule has 0 aliphatic carbocycles. The molecule has 2 rings (SSSR count). The zero-order valence-corrected chi connectivity index (χ0v) is 14.7. The fourth-order valence-electron chi connectivity index (χ4n) is 1.90. The van der Waals surface area contributed by atoms with Crippen LogP contribution in [0.25, 0.3) is 0 Å². The number of aryl methyl sites for hydroxylation is 1. The largest absolute Gasteiger partial charge is 0.484 e. The molecule has 2 aromatic carbocycles. The molecule has 0 heterocycles. The predicted octanol–water partition coefficient (Wildman–Crippen LogP) is 2.13. The van der Waals surface area contributed by atoms with Crippen LogP contribution in [0.3, 0.4) is 0 Å². The summed E-state index contributed by atoms with van der Waals surface area (Å²) in [5, 5.41) is 9.28. The van der Waals surface area contributed by atoms with Crippen molar-refractivity contribution in [2.75, 3.05) is 13.2 Å². The Morgan fingerprint density at radius 2 is 1.65 bits per heavy atom. The standard InChI is InChI=1S/C18H16ClN3O4/c1-12-8-14(19)4-7-16(12)26-11-18(24)22-21-17(23)10-25-15-5-2-13(9-20)3-6-15/h2-8H,10-11H2,1H3,(H,21,23)(H,22,24). The van der Waals surface area contributed by atoms with E-state index in [0.717, 1.165) is 5.56 Å². The van der Waals surface area contributed by atoms with Crippen molar-refractivity contribution in [1.29, 1.82) is 5.26 Å². The highest BCUT2D eigenvalue weighted by Crippen LogP contribution is 2.21. The zero-order valence-electron chi connectivity index (χ0n) is 13.9. The van der Waals surface area contributed by atoms with Crippen LogP contribution in [0.5, 0.6) is 11.5 Å². The maximum absolute atomic E-state index is 11.7. The maximum atomic E-state index is 11.7. The van der Waals surface area contributed by atoms with Crippen molar-refractivity contribution < 1.29 is 19.1 Å². The third-order valence-corrected chi connectivity index (χ3v) is 3.43. The van der Waals surface area contributed by atoms with Gasteiger partial charge in [-0.1, -0.05) is 11.6 Å². The Labute approximate surface area is 155 Å². The lowest BCUT2D eigenvalue weighted by Gasteiger charge is -2.11. The van der Waals surface area contributed by atoms with Crippen LogP contribution >= 0.6 is 11.6 Å². The zero-order chi connectivity index (χ0) is 18.9. The van der Waals surface area contributed by atoms with Crippen LogP contribution in [0.15, 0.2) is 42.5 Å². The molecule has 0 aliphatic rings. The van der Waals surface area contributed by atoms with E-state index in [1.54, 1.807) is 49.4 Å². The first-order valence-corrected chi connectivity index (χ1v) is 7.95. The molecule has 0 saturated heterocycles. The number of rotatable bonds is 6. The van der Waals surface area contributed by atoms with E-state index < -0.39 is 11.8 Å². The average Bonchev–Trinajstić information content (AvgIpc) is 2.64. The van der Waals surface area contributed by atoms with Crippen molar-refractivity contribution in [3.63, 3.8) is 0 Å². The third kappa shape index (κ3) is 6.00. The first kappa shape index (κ1) is 19.1. The second-order valence-corrected chi connectivity index (χ2v) is 5.66. The highest BCUT2D eigenvalue weighted by molar-refractivity contribution is 6.30. The van der Waals surface area contributed by atoms with Gasteiger partial charge in [0.05, 0.1) is 11.6 Å². The van der Waals surface area contributed by atoms with E-state index in [1.165, 1.54) is 0 Å². The Morgan fingerprint density at radius 1 is 1.04 bits per heavy atom. The summed E-state index contributed by atoms with van der Waals surface area (Å²) in [7, 11) is 0. The molecular formula is C18H16ClN3O4. The quantitative estimate of drug-likeness (QED) is 0.755. The van der Waals surface area contributed by atoms with Crippen LogP contribution in [-0.4, -0.2) is 25.0 Å². The van der Waals surface area contributed by atoms with Gasteiger partial charge in [0.1, 0.15) is 11.5 Å². The molecule has 0 bridgehead atoms. The van der Waals surface area contributed by atoms with E-state index in [2.05, 4.69) is 10.9 Å². The molecule has 2 aromatic rings. The van der Waals surface area contributed by atoms with Crippen LogP contribution in [0, 0.1) is 18.3 Å². The topological polar surface area (TPSA) is 100 Å². The van der Waals surface area contributed by atoms with Gasteiger partial charge in [-0.2, -0.15) is 5.26 Å². The molecule has 7 nitrogen and oxygen atoms in total. The molecule has 0 aliphatic heterocycles. The van der Waals surface area contributed by atoms with Gasteiger partial charge in [0.25, 0.3) is 11.8 Å². The number of benzene rings is 2. The number of amides is 2. The van der Waals surface area contributed by atoms with Crippen molar-refractivity contribution in [1.82, 2.24) is 10.9 Å². The van der Waals surface area contributed by atoms with Gasteiger partial charge in [-0.05, 0) is 55.0 Å². The smallest absolute Gasteiger partial charge is 0.276 e. The molecule has 0 aromatic heterocycles. The lowest BCUT2D eigenvalue weighted by molar-refractivity contribution is -0.131. The first-order chi connectivity index (χ1) is 12.5. The van der Waals surface area contributed by atoms with Crippen molar-refractivity contribution in [3.8, 4) is 17.6 Å². The van der Waals surface area contributed by atoms with Crippen LogP contribution in [0.4, 0.5) is 0 Å². The normalized spacial score (nSPS) is 9.73. The molecule has 26 heavy (non-hydrogen) atoms. The Morgan fingerprint density at radius 3 is 2.23 bits per heavy atom. The Balaban J connectivity index is 1.69. The number of hydrazine groups is 1. The van der Waals surface area contributed by atoms with Gasteiger partial charge < -0.3 is 9.47 Å². The van der Waals surface area contributed by atoms with Gasteiger partial charge in [-0.3, -0.25) is 20.4 Å². The van der Waals surface area contributed by atoms with E-state index in [1.807, 2.05) is 6.07 Å². The molecular weight excluding hydrogens is 358 g/mol. The Kier molecular flexibility index (Phi) is 6.83. The molecule has 0 spiro atoms. The van der Waals surface area contributed by atoms with E-state index in [0.29, 0.717) is 22.1 Å². The summed E-state index contributed by atoms with van der Waals surface area (Å²) in [5.74, 6) is -0.0940. The minimum Gasteiger partial charge on any atom is -0.484 e. The number of hydrogen-bond acceptors (Lipinski definition) is 5. The monoisotopic (exact) mass is 373 g/mol. The molecule has 2 amide bonds. The minimum absolute atomic E-state index is 0.265. The summed E-state index contributed by atoms with van der Waals surface area (Å²) in [6, 6.07) is 13.3. The summed E-state index contributed by atoms with van der Waals surface area (Å²) >= 11 is 5.84. The van der Waals surface area contributed by atoms with E-state index >= 15 is 0 Å². The van der Waals surface area contributed by atoms with Crippen molar-refractivity contribution in [2.45, 2.75) is 6.92 Å². The summed E-state index contributed by atoms with van der Waals surface area (Å²) < 4.78 is 10.6. The van der Waals surface area contributed by atoms with Gasteiger partial charge in [0.2, 0.25) is 0 Å². The molecule has 0 fully saturated rings. The lowest BCUT2D eigenvalue weighted by atomic mass is 10.2. The van der Waals surface area contributed by atoms with Crippen molar-refractivity contribution in [2.24, 2.45) is 0 Å². The number of ether oxygens (including phenoxy) is 2. The number of hydrogen-bond donors (Lipinski definition) is 2. The first-order valence-electron chi connectivity index (χ1n) is 7.57. The number of nitriles is 1. The Hall–Kier alpha value is -3.24. The van der Waals surface area contributed by atoms with Crippen LogP contribution in [0.1, 0.15) is 11.1 Å². The number of carbonyl (C=O) groups is 2. The SMILES string of the molecule is Cc1cc(Cl)ccc1OCC(=O)NNC(=O)COc1ccc(C#N)cc1. The second-order valence-electron chi connectivity index (χ2n) is 5.22. The average molecular weight is 374 g/mol. The summed E-state index contributed by atoms with van der Waals surface area (Å²) in [6.45, 7) is 1.25. The highest BCUT2D eigenvalue weighted by Gasteiger charge is 2.08. The molecule has 0 saturated carbocycles. The molecule has 8 heteroatoms. The number of carbonyl (C=O) groups excluding carboxylic acids is 2. The fraction of sp³-hybridized carbons (Fsp3) is 0.167. The van der Waals surface area contributed by atoms with Gasteiger partial charge in [0.15, 0.2) is 13.2 Å². The van der Waals surface area contributed by atoms with Gasteiger partial charge >= 0.3 is 0 Å². The van der Waals surface area contributed by atoms with E-state index in [-0.39, 0.29) is 13.2 Å². The summed E-state index contributed by atoms with van der Waals surface area (Å²) in [6.07, 6.45) is 0. The lowest BCUT2D eigenvalue weighted by Crippen LogP contribution is -2.45. The van der Waals surface area contributed by atoms with Crippen molar-refractivity contribution >= 4 is 23.4 Å². The fourth-order valence-corrected chi connectivity index (χ4v) is 2.13. The van der Waals surface area contributed by atoms with Crippen LogP contribution in [0.2, 0.25) is 5.02 Å². The molecule has 134 valence electrons. The molecule has 0 unspecified atom stereocenters. The van der Waals surface area contributed by atoms with E-state index in [4.69, 9.17) is 26.3 Å². The van der Waals surface area contributed by atoms with Crippen LogP contribution < -0.4 is 20.3 Å². The summed E-state index contributed by atoms with van der Waals surface area (Å²) in [4.78, 5) is 23.3. The maximum Gasteiger partial charge on any atom is 0.276 e. The number of nitrogens with one attached hydrogen (secondary N) is 2. The minimum atomic E-state index is -0.537. The summed E-state index contributed by atoms with van der Waals surface area (Å²) in [5.41, 5.74) is 5.73. The molecule has 0 radical (unpaired) electrons. The van der Waals surface area contributed by atoms with Gasteiger partial charge in [-0.15, -0.1) is 0 Å². The molecule has 0 atom stereocenters. The molecule has 2 N–H and O–H groups in total. The van der Waals surface area contributed by atoms with E-state index in [9.17, 15) is 9.59 Å². The van der Waals surface area contributed by atoms with Gasteiger partial charge in [-0.25, -0.2) is 0 Å². The number of halogens is 1. The second kappa shape index (κ2) is 9.30.